The second-order valence-electron chi connectivity index (χ2n) is 7.89. The summed E-state index contributed by atoms with van der Waals surface area (Å²) in [5.74, 6) is 1.12. The molecule has 9 heteroatoms. The predicted molar refractivity (Wildman–Crippen MR) is 133 cm³/mol. The normalized spacial score (nSPS) is 17.2. The lowest BCUT2D eigenvalue weighted by molar-refractivity contribution is -0.120. The van der Waals surface area contributed by atoms with Gasteiger partial charge in [0.1, 0.15) is 5.75 Å². The summed E-state index contributed by atoms with van der Waals surface area (Å²) < 4.78 is 10.1. The molecule has 2 aromatic rings. The number of rotatable bonds is 12. The van der Waals surface area contributed by atoms with E-state index < -0.39 is 5.97 Å². The number of carbonyl (C=O) groups excluding carboxylic acids is 3. The lowest BCUT2D eigenvalue weighted by atomic mass is 10.1. The molecule has 0 aromatic heterocycles. The number of amides is 1. The fraction of sp³-hybridized carbons (Fsp3) is 0.400. The van der Waals surface area contributed by atoms with E-state index in [4.69, 9.17) is 9.47 Å². The van der Waals surface area contributed by atoms with Crippen LogP contribution in [0.15, 0.2) is 48.5 Å². The van der Waals surface area contributed by atoms with Gasteiger partial charge in [0.05, 0.1) is 38.4 Å². The standard InChI is InChI=1S/C25H31N3O5S/c1-3-33-25(31)18-6-8-19(9-7-18)28-24(30)15-26-14-23(29)22-12-21(13-27-22)34-16-17-4-10-20(32-2)11-5-17/h4-11,21-22,26-27H,3,12-16H2,1-2H3,(H,28,30). The van der Waals surface area contributed by atoms with Gasteiger partial charge < -0.3 is 25.4 Å². The van der Waals surface area contributed by atoms with Crippen molar-refractivity contribution in [3.8, 4) is 5.75 Å². The molecule has 34 heavy (non-hydrogen) atoms. The number of hydrogen-bond acceptors (Lipinski definition) is 8. The van der Waals surface area contributed by atoms with E-state index in [1.807, 2.05) is 23.9 Å². The summed E-state index contributed by atoms with van der Waals surface area (Å²) in [6, 6.07) is 14.3. The third-order valence-corrected chi connectivity index (χ3v) is 6.72. The molecule has 1 amide bonds. The molecule has 3 rings (SSSR count). The van der Waals surface area contributed by atoms with E-state index in [0.29, 0.717) is 23.1 Å². The average molecular weight is 486 g/mol. The van der Waals surface area contributed by atoms with E-state index >= 15 is 0 Å². The van der Waals surface area contributed by atoms with Crippen molar-refractivity contribution in [2.45, 2.75) is 30.4 Å². The molecule has 2 atom stereocenters. The highest BCUT2D eigenvalue weighted by molar-refractivity contribution is 7.99. The number of benzene rings is 2. The maximum absolute atomic E-state index is 12.5. The van der Waals surface area contributed by atoms with Gasteiger partial charge in [0.2, 0.25) is 5.91 Å². The lowest BCUT2D eigenvalue weighted by Crippen LogP contribution is -2.39. The zero-order valence-electron chi connectivity index (χ0n) is 19.5. The first kappa shape index (κ1) is 25.7. The van der Waals surface area contributed by atoms with E-state index in [1.165, 1.54) is 5.56 Å². The number of thioether (sulfide) groups is 1. The Kier molecular flexibility index (Phi) is 9.93. The molecule has 0 radical (unpaired) electrons. The number of esters is 1. The number of anilines is 1. The topological polar surface area (TPSA) is 106 Å². The van der Waals surface area contributed by atoms with Crippen LogP contribution >= 0.6 is 11.8 Å². The van der Waals surface area contributed by atoms with Gasteiger partial charge in [0.15, 0.2) is 5.78 Å². The summed E-state index contributed by atoms with van der Waals surface area (Å²) in [6.07, 6.45) is 0.778. The van der Waals surface area contributed by atoms with Crippen LogP contribution < -0.4 is 20.7 Å². The molecule has 182 valence electrons. The van der Waals surface area contributed by atoms with Crippen molar-refractivity contribution in [3.63, 3.8) is 0 Å². The van der Waals surface area contributed by atoms with Crippen molar-refractivity contribution >= 4 is 35.1 Å². The second-order valence-corrected chi connectivity index (χ2v) is 9.18. The van der Waals surface area contributed by atoms with Gasteiger partial charge in [-0.2, -0.15) is 11.8 Å². The van der Waals surface area contributed by atoms with E-state index in [2.05, 4.69) is 28.1 Å². The molecular weight excluding hydrogens is 454 g/mol. The van der Waals surface area contributed by atoms with Gasteiger partial charge in [0, 0.05) is 23.2 Å². The number of carbonyl (C=O) groups is 3. The monoisotopic (exact) mass is 485 g/mol. The minimum Gasteiger partial charge on any atom is -0.497 e. The van der Waals surface area contributed by atoms with Gasteiger partial charge in [-0.1, -0.05) is 12.1 Å². The Bertz CT molecular complexity index is 966. The number of hydrogen-bond donors (Lipinski definition) is 3. The fourth-order valence-corrected chi connectivity index (χ4v) is 4.71. The third kappa shape index (κ3) is 7.86. The van der Waals surface area contributed by atoms with Crippen molar-refractivity contribution < 1.29 is 23.9 Å². The SMILES string of the molecule is CCOC(=O)c1ccc(NC(=O)CNCC(=O)C2CC(SCc3ccc(OC)cc3)CN2)cc1. The average Bonchev–Trinajstić information content (AvgIpc) is 3.33. The van der Waals surface area contributed by atoms with Gasteiger partial charge in [-0.15, -0.1) is 0 Å². The Hall–Kier alpha value is -2.88. The van der Waals surface area contributed by atoms with Crippen LogP contribution in [0.2, 0.25) is 0 Å². The van der Waals surface area contributed by atoms with Crippen molar-refractivity contribution in [1.82, 2.24) is 10.6 Å². The van der Waals surface area contributed by atoms with Crippen molar-refractivity contribution in [2.24, 2.45) is 0 Å². The molecule has 2 aromatic carbocycles. The van der Waals surface area contributed by atoms with Crippen molar-refractivity contribution in [2.75, 3.05) is 38.7 Å². The maximum Gasteiger partial charge on any atom is 0.338 e. The number of methoxy groups -OCH3 is 1. The van der Waals surface area contributed by atoms with Crippen LogP contribution in [0.4, 0.5) is 5.69 Å². The number of ketones is 1. The highest BCUT2D eigenvalue weighted by Gasteiger charge is 2.29. The zero-order valence-corrected chi connectivity index (χ0v) is 20.3. The number of nitrogens with one attached hydrogen (secondary N) is 3. The van der Waals surface area contributed by atoms with Gasteiger partial charge in [0.25, 0.3) is 0 Å². The Labute approximate surface area is 204 Å². The molecule has 0 bridgehead atoms. The largest absolute Gasteiger partial charge is 0.497 e. The highest BCUT2D eigenvalue weighted by Crippen LogP contribution is 2.26. The summed E-state index contributed by atoms with van der Waals surface area (Å²) in [5, 5.41) is 9.32. The van der Waals surface area contributed by atoms with Gasteiger partial charge in [-0.05, 0) is 55.3 Å². The smallest absolute Gasteiger partial charge is 0.338 e. The molecule has 1 aliphatic rings. The second kappa shape index (κ2) is 13.1. The van der Waals surface area contributed by atoms with Crippen LogP contribution in [0, 0.1) is 0 Å². The van der Waals surface area contributed by atoms with E-state index in [9.17, 15) is 14.4 Å². The number of Topliss-reactive ketones (excluding diaryl/α,β-unsaturated/α-hetero) is 1. The van der Waals surface area contributed by atoms with Gasteiger partial charge >= 0.3 is 5.97 Å². The molecule has 0 saturated carbocycles. The fourth-order valence-electron chi connectivity index (χ4n) is 3.54. The van der Waals surface area contributed by atoms with Crippen LogP contribution in [0.3, 0.4) is 0 Å². The summed E-state index contributed by atoms with van der Waals surface area (Å²) in [5.41, 5.74) is 2.22. The summed E-state index contributed by atoms with van der Waals surface area (Å²) in [6.45, 7) is 2.99. The van der Waals surface area contributed by atoms with Crippen LogP contribution in [0.1, 0.15) is 29.3 Å². The highest BCUT2D eigenvalue weighted by atomic mass is 32.2. The summed E-state index contributed by atoms with van der Waals surface area (Å²) in [4.78, 5) is 36.3. The Morgan fingerprint density at radius 1 is 1.06 bits per heavy atom. The van der Waals surface area contributed by atoms with Gasteiger partial charge in [-0.25, -0.2) is 4.79 Å². The van der Waals surface area contributed by atoms with Crippen LogP contribution in [-0.2, 0) is 20.1 Å². The Morgan fingerprint density at radius 2 is 1.79 bits per heavy atom. The van der Waals surface area contributed by atoms with Crippen molar-refractivity contribution in [1.29, 1.82) is 0 Å². The first-order valence-corrected chi connectivity index (χ1v) is 12.3. The van der Waals surface area contributed by atoms with E-state index in [1.54, 1.807) is 38.3 Å². The Balaban J connectivity index is 1.33. The molecule has 0 aliphatic carbocycles. The van der Waals surface area contributed by atoms with E-state index in [0.717, 1.165) is 24.5 Å². The summed E-state index contributed by atoms with van der Waals surface area (Å²) in [7, 11) is 1.65. The van der Waals surface area contributed by atoms with Crippen molar-refractivity contribution in [3.05, 3.63) is 59.7 Å². The lowest BCUT2D eigenvalue weighted by Gasteiger charge is -2.11. The minimum absolute atomic E-state index is 0.0216. The molecule has 1 aliphatic heterocycles. The maximum atomic E-state index is 12.5. The van der Waals surface area contributed by atoms with Crippen LogP contribution in [0.25, 0.3) is 0 Å². The molecule has 3 N–H and O–H groups in total. The zero-order chi connectivity index (χ0) is 24.3. The van der Waals surface area contributed by atoms with Crippen LogP contribution in [0.5, 0.6) is 5.75 Å². The first-order valence-electron chi connectivity index (χ1n) is 11.3. The minimum atomic E-state index is -0.401. The summed E-state index contributed by atoms with van der Waals surface area (Å²) >= 11 is 1.84. The molecule has 1 fully saturated rings. The molecule has 8 nitrogen and oxygen atoms in total. The van der Waals surface area contributed by atoms with Gasteiger partial charge in [-0.3, -0.25) is 9.59 Å². The molecule has 1 heterocycles. The quantitative estimate of drug-likeness (QED) is 0.394. The predicted octanol–water partition coefficient (Wildman–Crippen LogP) is 2.63. The van der Waals surface area contributed by atoms with E-state index in [-0.39, 0.29) is 30.8 Å². The molecule has 0 spiro atoms. The third-order valence-electron chi connectivity index (χ3n) is 5.39. The molecule has 2 unspecified atom stereocenters. The molecule has 1 saturated heterocycles. The number of ether oxygens (including phenoxy) is 2. The molecular formula is C25H31N3O5S. The Morgan fingerprint density at radius 3 is 2.47 bits per heavy atom. The van der Waals surface area contributed by atoms with Crippen LogP contribution in [-0.4, -0.2) is 62.3 Å². The first-order chi connectivity index (χ1) is 16.5.